The van der Waals surface area contributed by atoms with Crippen molar-refractivity contribution in [3.63, 3.8) is 0 Å². The van der Waals surface area contributed by atoms with Crippen LogP contribution in [-0.4, -0.2) is 55.6 Å². The third-order valence-electron chi connectivity index (χ3n) is 4.47. The van der Waals surface area contributed by atoms with Crippen LogP contribution in [0.15, 0.2) is 0 Å². The van der Waals surface area contributed by atoms with Gasteiger partial charge in [-0.3, -0.25) is 9.59 Å². The highest BCUT2D eigenvalue weighted by atomic mass is 35.5. The molecule has 0 radical (unpaired) electrons. The summed E-state index contributed by atoms with van der Waals surface area (Å²) in [5.41, 5.74) is 5.33. The first kappa shape index (κ1) is 18.2. The lowest BCUT2D eigenvalue weighted by molar-refractivity contribution is -0.141. The van der Waals surface area contributed by atoms with Crippen LogP contribution in [0.1, 0.15) is 32.6 Å². The normalized spacial score (nSPS) is 22.3. The molecule has 1 atom stereocenters. The smallest absolute Gasteiger partial charge is 0.245 e. The molecule has 2 aliphatic rings. The maximum absolute atomic E-state index is 12.4. The molecule has 1 aliphatic heterocycles. The number of amides is 2. The average molecular weight is 320 g/mol. The minimum absolute atomic E-state index is 0. The fourth-order valence-electron chi connectivity index (χ4n) is 3.04. The van der Waals surface area contributed by atoms with Crippen molar-refractivity contribution in [1.82, 2.24) is 10.2 Å². The largest absolute Gasteiger partial charge is 0.378 e. The molecule has 0 aromatic rings. The molecule has 1 saturated heterocycles. The number of nitrogens with two attached hydrogens (primary N) is 1. The number of ether oxygens (including phenoxy) is 1. The van der Waals surface area contributed by atoms with Crippen LogP contribution in [-0.2, 0) is 14.3 Å². The minimum atomic E-state index is -0.496. The second-order valence-corrected chi connectivity index (χ2v) is 5.82. The van der Waals surface area contributed by atoms with Gasteiger partial charge in [0.15, 0.2) is 0 Å². The zero-order valence-corrected chi connectivity index (χ0v) is 13.4. The maximum Gasteiger partial charge on any atom is 0.245 e. The Morgan fingerprint density at radius 2 is 1.86 bits per heavy atom. The number of nitrogens with zero attached hydrogens (tertiary/aromatic N) is 1. The van der Waals surface area contributed by atoms with Gasteiger partial charge in [-0.1, -0.05) is 12.8 Å². The van der Waals surface area contributed by atoms with Gasteiger partial charge in [0.25, 0.3) is 0 Å². The van der Waals surface area contributed by atoms with Crippen molar-refractivity contribution >= 4 is 24.2 Å². The molecule has 0 bridgehead atoms. The molecule has 21 heavy (non-hydrogen) atoms. The molecule has 1 unspecified atom stereocenters. The van der Waals surface area contributed by atoms with Gasteiger partial charge >= 0.3 is 0 Å². The van der Waals surface area contributed by atoms with E-state index in [4.69, 9.17) is 10.5 Å². The summed E-state index contributed by atoms with van der Waals surface area (Å²) in [6, 6.07) is -0.496. The monoisotopic (exact) mass is 319 g/mol. The summed E-state index contributed by atoms with van der Waals surface area (Å²) in [4.78, 5) is 26.4. The van der Waals surface area contributed by atoms with Crippen LogP contribution < -0.4 is 11.1 Å². The Balaban J connectivity index is 0.00000220. The van der Waals surface area contributed by atoms with Crippen molar-refractivity contribution in [2.45, 2.75) is 38.6 Å². The second-order valence-electron chi connectivity index (χ2n) is 5.82. The van der Waals surface area contributed by atoms with E-state index in [1.165, 1.54) is 0 Å². The topological polar surface area (TPSA) is 84.7 Å². The number of rotatable bonds is 4. The second kappa shape index (κ2) is 7.96. The van der Waals surface area contributed by atoms with Crippen LogP contribution in [0.2, 0.25) is 0 Å². The van der Waals surface area contributed by atoms with Crippen LogP contribution in [0, 0.1) is 5.41 Å². The van der Waals surface area contributed by atoms with Crippen LogP contribution in [0.4, 0.5) is 0 Å². The van der Waals surface area contributed by atoms with Crippen molar-refractivity contribution < 1.29 is 14.3 Å². The summed E-state index contributed by atoms with van der Waals surface area (Å²) in [5, 5.41) is 2.86. The molecule has 6 nitrogen and oxygen atoms in total. The van der Waals surface area contributed by atoms with Crippen LogP contribution in [0.3, 0.4) is 0 Å². The van der Waals surface area contributed by atoms with Crippen molar-refractivity contribution in [1.29, 1.82) is 0 Å². The number of morpholine rings is 1. The van der Waals surface area contributed by atoms with Crippen LogP contribution in [0.5, 0.6) is 0 Å². The standard InChI is InChI=1S/C14H25N3O3.ClH/c1-11(12(18)17-6-8-20-9-7-17)16-13(19)14(10-15)4-2-3-5-14;/h11H,2-10,15H2,1H3,(H,16,19);1H. The Bertz CT molecular complexity index is 366. The highest BCUT2D eigenvalue weighted by Gasteiger charge is 2.41. The van der Waals surface area contributed by atoms with E-state index >= 15 is 0 Å². The highest BCUT2D eigenvalue weighted by molar-refractivity contribution is 5.90. The lowest BCUT2D eigenvalue weighted by Crippen LogP contribution is -2.54. The Hall–Kier alpha value is -0.850. The molecule has 2 amide bonds. The van der Waals surface area contributed by atoms with Crippen molar-refractivity contribution in [3.8, 4) is 0 Å². The van der Waals surface area contributed by atoms with Crippen molar-refractivity contribution in [2.75, 3.05) is 32.8 Å². The number of carbonyl (C=O) groups excluding carboxylic acids is 2. The molecule has 1 aliphatic carbocycles. The van der Waals surface area contributed by atoms with Gasteiger partial charge in [-0.15, -0.1) is 12.4 Å². The Kier molecular flexibility index (Phi) is 6.90. The predicted molar refractivity (Wildman–Crippen MR) is 82.2 cm³/mol. The predicted octanol–water partition coefficient (Wildman–Crippen LogP) is 0.291. The van der Waals surface area contributed by atoms with Gasteiger partial charge in [-0.25, -0.2) is 0 Å². The van der Waals surface area contributed by atoms with Gasteiger partial charge in [0, 0.05) is 19.6 Å². The average Bonchev–Trinajstić information content (AvgIpc) is 2.97. The number of halogens is 1. The van der Waals surface area contributed by atoms with Gasteiger partial charge in [-0.2, -0.15) is 0 Å². The van der Waals surface area contributed by atoms with Gasteiger partial charge in [0.2, 0.25) is 11.8 Å². The highest BCUT2D eigenvalue weighted by Crippen LogP contribution is 2.37. The lowest BCUT2D eigenvalue weighted by atomic mass is 9.85. The number of hydrogen-bond donors (Lipinski definition) is 2. The van der Waals surface area contributed by atoms with E-state index in [0.717, 1.165) is 25.7 Å². The first-order chi connectivity index (χ1) is 9.59. The third kappa shape index (κ3) is 4.08. The zero-order valence-electron chi connectivity index (χ0n) is 12.6. The van der Waals surface area contributed by atoms with Gasteiger partial charge in [0.05, 0.1) is 18.6 Å². The molecule has 2 rings (SSSR count). The SMILES string of the molecule is CC(NC(=O)C1(CN)CCCC1)C(=O)N1CCOCC1.Cl. The van der Waals surface area contributed by atoms with Crippen molar-refractivity contribution in [2.24, 2.45) is 11.1 Å². The Labute approximate surface area is 132 Å². The maximum atomic E-state index is 12.4. The summed E-state index contributed by atoms with van der Waals surface area (Å²) in [6.45, 7) is 4.44. The van der Waals surface area contributed by atoms with Crippen LogP contribution >= 0.6 is 12.4 Å². The Morgan fingerprint density at radius 1 is 1.29 bits per heavy atom. The minimum Gasteiger partial charge on any atom is -0.378 e. The first-order valence-corrected chi connectivity index (χ1v) is 7.47. The number of nitrogens with one attached hydrogen (secondary N) is 1. The Morgan fingerprint density at radius 3 is 2.38 bits per heavy atom. The fraction of sp³-hybridized carbons (Fsp3) is 0.857. The summed E-state index contributed by atoms with van der Waals surface area (Å²) in [7, 11) is 0. The van der Waals surface area contributed by atoms with E-state index in [0.29, 0.717) is 32.8 Å². The van der Waals surface area contributed by atoms with Gasteiger partial charge in [0.1, 0.15) is 6.04 Å². The summed E-state index contributed by atoms with van der Waals surface area (Å²) in [5.74, 6) is -0.0987. The van der Waals surface area contributed by atoms with E-state index < -0.39 is 11.5 Å². The van der Waals surface area contributed by atoms with Crippen molar-refractivity contribution in [3.05, 3.63) is 0 Å². The third-order valence-corrected chi connectivity index (χ3v) is 4.47. The molecule has 7 heteroatoms. The molecule has 122 valence electrons. The van der Waals surface area contributed by atoms with Gasteiger partial charge < -0.3 is 20.7 Å². The number of carbonyl (C=O) groups is 2. The molecule has 1 saturated carbocycles. The molecular weight excluding hydrogens is 294 g/mol. The fourth-order valence-corrected chi connectivity index (χ4v) is 3.04. The molecule has 3 N–H and O–H groups in total. The van der Waals surface area contributed by atoms with Gasteiger partial charge in [-0.05, 0) is 19.8 Å². The van der Waals surface area contributed by atoms with E-state index in [1.54, 1.807) is 11.8 Å². The molecule has 1 heterocycles. The number of hydrogen-bond acceptors (Lipinski definition) is 4. The van der Waals surface area contributed by atoms with E-state index in [1.807, 2.05) is 0 Å². The molecule has 0 aromatic carbocycles. The van der Waals surface area contributed by atoms with Crippen LogP contribution in [0.25, 0.3) is 0 Å². The first-order valence-electron chi connectivity index (χ1n) is 7.47. The molecular formula is C14H26ClN3O3. The zero-order chi connectivity index (χ0) is 14.6. The lowest BCUT2D eigenvalue weighted by Gasteiger charge is -2.32. The van der Waals surface area contributed by atoms with E-state index in [-0.39, 0.29) is 24.2 Å². The summed E-state index contributed by atoms with van der Waals surface area (Å²) < 4.78 is 5.23. The molecule has 2 fully saturated rings. The molecule has 0 aromatic heterocycles. The van der Waals surface area contributed by atoms with E-state index in [9.17, 15) is 9.59 Å². The summed E-state index contributed by atoms with van der Waals surface area (Å²) >= 11 is 0. The van der Waals surface area contributed by atoms with E-state index in [2.05, 4.69) is 5.32 Å². The molecule has 0 spiro atoms. The quantitative estimate of drug-likeness (QED) is 0.780. The summed E-state index contributed by atoms with van der Waals surface area (Å²) in [6.07, 6.45) is 3.73.